The summed E-state index contributed by atoms with van der Waals surface area (Å²) in [6, 6.07) is 13.7. The Balaban J connectivity index is 0.00000193. The van der Waals surface area contributed by atoms with Crippen molar-refractivity contribution in [2.24, 2.45) is 0 Å². The number of fused-ring (bicyclic) bond motifs is 1. The fraction of sp³-hybridized carbons (Fsp3) is 0.500. The van der Waals surface area contributed by atoms with E-state index in [0.29, 0.717) is 23.4 Å². The highest BCUT2D eigenvalue weighted by molar-refractivity contribution is 5.85. The highest BCUT2D eigenvalue weighted by atomic mass is 35.5. The summed E-state index contributed by atoms with van der Waals surface area (Å²) in [6.45, 7) is 2.06. The van der Waals surface area contributed by atoms with Crippen LogP contribution in [-0.2, 0) is 16.8 Å². The summed E-state index contributed by atoms with van der Waals surface area (Å²) in [5.41, 5.74) is 0.290. The van der Waals surface area contributed by atoms with Crippen LogP contribution < -0.4 is 15.0 Å². The summed E-state index contributed by atoms with van der Waals surface area (Å²) in [6.07, 6.45) is -2.16. The van der Waals surface area contributed by atoms with Gasteiger partial charge in [-0.1, -0.05) is 30.3 Å². The molecule has 33 heavy (non-hydrogen) atoms. The van der Waals surface area contributed by atoms with Crippen molar-refractivity contribution in [3.63, 3.8) is 0 Å². The summed E-state index contributed by atoms with van der Waals surface area (Å²) >= 11 is 0. The van der Waals surface area contributed by atoms with Gasteiger partial charge in [0.25, 0.3) is 0 Å². The maximum Gasteiger partial charge on any atom is 0.421 e. The smallest absolute Gasteiger partial charge is 0.421 e. The van der Waals surface area contributed by atoms with Crippen molar-refractivity contribution in [2.45, 2.75) is 50.0 Å². The van der Waals surface area contributed by atoms with E-state index in [0.717, 1.165) is 26.3 Å². The second-order valence-corrected chi connectivity index (χ2v) is 8.47. The van der Waals surface area contributed by atoms with Gasteiger partial charge in [0.15, 0.2) is 5.60 Å². The zero-order valence-corrected chi connectivity index (χ0v) is 20.6. The molecule has 9 heteroatoms. The van der Waals surface area contributed by atoms with Crippen molar-refractivity contribution < 1.29 is 22.6 Å². The fourth-order valence-electron chi connectivity index (χ4n) is 4.85. The Morgan fingerprint density at radius 3 is 2.48 bits per heavy atom. The summed E-state index contributed by atoms with van der Waals surface area (Å²) in [5.74, 6) is 0.588. The molecule has 1 fully saturated rings. The lowest BCUT2D eigenvalue weighted by molar-refractivity contribution is -0.281. The molecule has 2 heterocycles. The first-order valence-electron chi connectivity index (χ1n) is 10.7. The quantitative estimate of drug-likeness (QED) is 0.566. The molecule has 0 spiro atoms. The molecule has 2 aliphatic heterocycles. The predicted octanol–water partition coefficient (Wildman–Crippen LogP) is 5.82. The molecule has 2 aromatic carbocycles. The molecule has 0 bridgehead atoms. The fourth-order valence-corrected chi connectivity index (χ4v) is 4.85. The summed E-state index contributed by atoms with van der Waals surface area (Å²) in [4.78, 5) is 2.06. The third-order valence-electron chi connectivity index (χ3n) is 6.68. The van der Waals surface area contributed by atoms with E-state index < -0.39 is 11.8 Å². The Kier molecular flexibility index (Phi) is 8.96. The van der Waals surface area contributed by atoms with Crippen molar-refractivity contribution in [3.8, 4) is 5.75 Å². The number of rotatable bonds is 4. The molecular formula is C24H31Cl2F3N2O2. The molecule has 4 rings (SSSR count). The van der Waals surface area contributed by atoms with Crippen LogP contribution in [-0.4, -0.2) is 39.5 Å². The van der Waals surface area contributed by atoms with Gasteiger partial charge in [0.2, 0.25) is 0 Å². The zero-order valence-electron chi connectivity index (χ0n) is 18.9. The third-order valence-corrected chi connectivity index (χ3v) is 6.68. The van der Waals surface area contributed by atoms with Crippen molar-refractivity contribution in [1.82, 2.24) is 5.32 Å². The predicted molar refractivity (Wildman–Crippen MR) is 129 cm³/mol. The van der Waals surface area contributed by atoms with E-state index in [-0.39, 0.29) is 49.1 Å². The zero-order chi connectivity index (χ0) is 22.2. The molecular weight excluding hydrogens is 476 g/mol. The molecule has 0 aliphatic carbocycles. The maximum atomic E-state index is 14.0. The van der Waals surface area contributed by atoms with E-state index in [2.05, 4.69) is 22.3 Å². The van der Waals surface area contributed by atoms with E-state index in [1.165, 1.54) is 5.56 Å². The van der Waals surface area contributed by atoms with Crippen molar-refractivity contribution >= 4 is 30.5 Å². The molecule has 1 saturated heterocycles. The monoisotopic (exact) mass is 506 g/mol. The Hall–Kier alpha value is -1.67. The van der Waals surface area contributed by atoms with Gasteiger partial charge in [-0.25, -0.2) is 0 Å². The van der Waals surface area contributed by atoms with Crippen LogP contribution in [0.2, 0.25) is 0 Å². The van der Waals surface area contributed by atoms with Crippen LogP contribution in [0.5, 0.6) is 5.75 Å². The van der Waals surface area contributed by atoms with Gasteiger partial charge in [0.05, 0.1) is 25.4 Å². The van der Waals surface area contributed by atoms with E-state index in [9.17, 15) is 13.2 Å². The van der Waals surface area contributed by atoms with Crippen LogP contribution >= 0.6 is 24.8 Å². The second-order valence-electron chi connectivity index (χ2n) is 8.47. The third kappa shape index (κ3) is 5.06. The number of likely N-dealkylation sites (N-methyl/N-ethyl adjacent to an activating group) is 1. The van der Waals surface area contributed by atoms with Crippen LogP contribution in [0.4, 0.5) is 18.9 Å². The van der Waals surface area contributed by atoms with Gasteiger partial charge < -0.3 is 19.7 Å². The molecule has 1 N–H and O–H groups in total. The van der Waals surface area contributed by atoms with E-state index in [1.54, 1.807) is 19.2 Å². The number of piperidine rings is 1. The molecule has 0 amide bonds. The molecule has 3 atom stereocenters. The minimum atomic E-state index is -4.51. The van der Waals surface area contributed by atoms with Gasteiger partial charge in [0, 0.05) is 13.1 Å². The first-order valence-corrected chi connectivity index (χ1v) is 10.7. The van der Waals surface area contributed by atoms with Crippen molar-refractivity contribution in [2.75, 3.05) is 32.2 Å². The number of nitrogens with one attached hydrogen (secondary N) is 1. The summed E-state index contributed by atoms with van der Waals surface area (Å²) in [5, 5.41) is 3.59. The number of halogens is 5. The van der Waals surface area contributed by atoms with Crippen molar-refractivity contribution in [3.05, 3.63) is 59.2 Å². The number of hydrogen-bond donors (Lipinski definition) is 1. The highest BCUT2D eigenvalue weighted by Crippen LogP contribution is 2.48. The number of anilines is 1. The SMILES string of the molecule is COc1cc2c(cc1N(C)C1CCCNC1c1ccccc1)[C@@](C)(C(F)(F)F)OCC2.Cl.Cl. The lowest BCUT2D eigenvalue weighted by Crippen LogP contribution is -2.48. The topological polar surface area (TPSA) is 33.7 Å². The van der Waals surface area contributed by atoms with E-state index in [4.69, 9.17) is 9.47 Å². The van der Waals surface area contributed by atoms with Gasteiger partial charge in [0.1, 0.15) is 5.75 Å². The van der Waals surface area contributed by atoms with Crippen LogP contribution in [0.3, 0.4) is 0 Å². The first-order chi connectivity index (χ1) is 14.8. The number of ether oxygens (including phenoxy) is 2. The minimum absolute atomic E-state index is 0. The Bertz CT molecular complexity index is 930. The average molecular weight is 507 g/mol. The van der Waals surface area contributed by atoms with Crippen LogP contribution in [0, 0.1) is 0 Å². The number of nitrogens with zero attached hydrogens (tertiary/aromatic N) is 1. The van der Waals surface area contributed by atoms with Gasteiger partial charge in [-0.3, -0.25) is 0 Å². The molecule has 2 aliphatic rings. The highest BCUT2D eigenvalue weighted by Gasteiger charge is 2.56. The second kappa shape index (κ2) is 10.7. The average Bonchev–Trinajstić information content (AvgIpc) is 2.78. The lowest BCUT2D eigenvalue weighted by Gasteiger charge is -2.42. The molecule has 0 radical (unpaired) electrons. The van der Waals surface area contributed by atoms with Crippen LogP contribution in [0.15, 0.2) is 42.5 Å². The Morgan fingerprint density at radius 2 is 1.85 bits per heavy atom. The normalized spacial score (nSPS) is 24.7. The lowest BCUT2D eigenvalue weighted by atomic mass is 9.85. The van der Waals surface area contributed by atoms with Crippen LogP contribution in [0.1, 0.15) is 42.5 Å². The molecule has 0 saturated carbocycles. The van der Waals surface area contributed by atoms with Gasteiger partial charge in [-0.2, -0.15) is 13.2 Å². The van der Waals surface area contributed by atoms with E-state index in [1.807, 2.05) is 25.2 Å². The summed E-state index contributed by atoms with van der Waals surface area (Å²) in [7, 11) is 3.50. The minimum Gasteiger partial charge on any atom is -0.495 e. The summed E-state index contributed by atoms with van der Waals surface area (Å²) < 4.78 is 52.9. The molecule has 4 nitrogen and oxygen atoms in total. The molecule has 184 valence electrons. The Morgan fingerprint density at radius 1 is 1.15 bits per heavy atom. The molecule has 2 aromatic rings. The first kappa shape index (κ1) is 27.6. The maximum absolute atomic E-state index is 14.0. The molecule has 2 unspecified atom stereocenters. The van der Waals surface area contributed by atoms with Gasteiger partial charge >= 0.3 is 6.18 Å². The van der Waals surface area contributed by atoms with E-state index >= 15 is 0 Å². The Labute approximate surface area is 205 Å². The van der Waals surface area contributed by atoms with Gasteiger partial charge in [-0.15, -0.1) is 24.8 Å². The number of methoxy groups -OCH3 is 1. The van der Waals surface area contributed by atoms with Crippen LogP contribution in [0.25, 0.3) is 0 Å². The molecule has 0 aromatic heterocycles. The van der Waals surface area contributed by atoms with Crippen molar-refractivity contribution in [1.29, 1.82) is 0 Å². The largest absolute Gasteiger partial charge is 0.495 e. The number of benzene rings is 2. The standard InChI is InChI=1S/C24H29F3N2O2.2ClH/c1-23(24(25,26)27)18-15-20(21(30-3)14-17(18)11-13-31-23)29(2)19-10-7-12-28-22(19)16-8-5-4-6-9-16;;/h4-6,8-9,14-15,19,22,28H,7,10-13H2,1-3H3;2*1H/t19?,22?,23-;;/m0../s1. The van der Waals surface area contributed by atoms with Gasteiger partial charge in [-0.05, 0) is 61.6 Å². The number of hydrogen-bond acceptors (Lipinski definition) is 4. The number of alkyl halides is 3.